The lowest BCUT2D eigenvalue weighted by atomic mass is 10.0. The van der Waals surface area contributed by atoms with Gasteiger partial charge in [0.2, 0.25) is 0 Å². The van der Waals surface area contributed by atoms with Gasteiger partial charge in [0.1, 0.15) is 11.3 Å². The second-order valence-corrected chi connectivity index (χ2v) is 6.83. The first-order valence-electron chi connectivity index (χ1n) is 9.37. The van der Waals surface area contributed by atoms with Crippen molar-refractivity contribution in [3.05, 3.63) is 69.1 Å². The number of hydrogen-bond acceptors (Lipinski definition) is 5. The first-order valence-corrected chi connectivity index (χ1v) is 9.37. The van der Waals surface area contributed by atoms with Gasteiger partial charge in [0.05, 0.1) is 13.2 Å². The molecule has 3 aromatic rings. The lowest BCUT2D eigenvalue weighted by Gasteiger charge is -2.13. The third kappa shape index (κ3) is 3.55. The predicted octanol–water partition coefficient (Wildman–Crippen LogP) is 3.78. The summed E-state index contributed by atoms with van der Waals surface area (Å²) in [5, 5.41) is 13.9. The Morgan fingerprint density at radius 2 is 1.93 bits per heavy atom. The number of ether oxygens (including phenoxy) is 1. The highest BCUT2D eigenvalue weighted by molar-refractivity contribution is 5.82. The smallest absolute Gasteiger partial charge is 0.336 e. The molecule has 4 rings (SSSR count). The largest absolute Gasteiger partial charge is 0.494 e. The van der Waals surface area contributed by atoms with Crippen LogP contribution in [0.25, 0.3) is 11.0 Å². The molecule has 2 aromatic carbocycles. The fraction of sp³-hybridized carbons (Fsp3) is 0.318. The predicted molar refractivity (Wildman–Crippen MR) is 105 cm³/mol. The lowest BCUT2D eigenvalue weighted by molar-refractivity contribution is 0.267. The molecule has 0 radical (unpaired) electrons. The van der Waals surface area contributed by atoms with Gasteiger partial charge >= 0.3 is 5.63 Å². The molecule has 5 nitrogen and oxygen atoms in total. The van der Waals surface area contributed by atoms with Crippen molar-refractivity contribution < 1.29 is 14.3 Å². The normalized spacial score (nSPS) is 13.0. The van der Waals surface area contributed by atoms with Crippen molar-refractivity contribution in [2.24, 2.45) is 0 Å². The van der Waals surface area contributed by atoms with Crippen LogP contribution in [0.2, 0.25) is 0 Å². The summed E-state index contributed by atoms with van der Waals surface area (Å²) in [4.78, 5) is 12.0. The molecule has 0 spiro atoms. The van der Waals surface area contributed by atoms with E-state index >= 15 is 0 Å². The van der Waals surface area contributed by atoms with E-state index in [1.54, 1.807) is 6.07 Å². The molecular formula is C22H23NO4. The summed E-state index contributed by atoms with van der Waals surface area (Å²) in [7, 11) is 0. The van der Waals surface area contributed by atoms with E-state index in [0.717, 1.165) is 41.5 Å². The molecule has 1 aliphatic carbocycles. The second-order valence-electron chi connectivity index (χ2n) is 6.83. The molecule has 1 aromatic heterocycles. The summed E-state index contributed by atoms with van der Waals surface area (Å²) < 4.78 is 10.9. The summed E-state index contributed by atoms with van der Waals surface area (Å²) >= 11 is 0. The molecule has 0 saturated carbocycles. The van der Waals surface area contributed by atoms with Crippen LogP contribution >= 0.6 is 0 Å². The molecule has 27 heavy (non-hydrogen) atoms. The number of anilines is 1. The number of aliphatic hydroxyl groups is 1. The van der Waals surface area contributed by atoms with E-state index in [4.69, 9.17) is 9.15 Å². The van der Waals surface area contributed by atoms with Gasteiger partial charge in [0, 0.05) is 29.2 Å². The maximum atomic E-state index is 12.0. The molecule has 1 aliphatic rings. The van der Waals surface area contributed by atoms with Crippen molar-refractivity contribution in [3.63, 3.8) is 0 Å². The summed E-state index contributed by atoms with van der Waals surface area (Å²) in [6, 6.07) is 11.4. The standard InChI is InChI=1S/C22H23NO4/c1-2-26-20-7-6-18(8-17(20)13-24)23-12-16-11-22(25)27-21-10-15-5-3-4-14(15)9-19(16)21/h6-11,23-24H,2-5,12-13H2,1H3. The van der Waals surface area contributed by atoms with E-state index < -0.39 is 0 Å². The number of aryl methyl sites for hydroxylation is 2. The highest BCUT2D eigenvalue weighted by atomic mass is 16.5. The minimum atomic E-state index is -0.333. The zero-order chi connectivity index (χ0) is 18.8. The van der Waals surface area contributed by atoms with Crippen LogP contribution in [0.1, 0.15) is 35.6 Å². The second kappa shape index (κ2) is 7.45. The Balaban J connectivity index is 1.63. The third-order valence-electron chi connectivity index (χ3n) is 5.06. The molecule has 0 atom stereocenters. The monoisotopic (exact) mass is 365 g/mol. The zero-order valence-electron chi connectivity index (χ0n) is 15.4. The molecule has 1 heterocycles. The Morgan fingerprint density at radius 1 is 1.11 bits per heavy atom. The quantitative estimate of drug-likeness (QED) is 0.651. The molecule has 140 valence electrons. The summed E-state index contributed by atoms with van der Waals surface area (Å²) in [6.45, 7) is 2.88. The van der Waals surface area contributed by atoms with Gasteiger partial charge in [-0.2, -0.15) is 0 Å². The van der Waals surface area contributed by atoms with E-state index in [0.29, 0.717) is 24.5 Å². The van der Waals surface area contributed by atoms with Gasteiger partial charge in [-0.3, -0.25) is 0 Å². The number of aliphatic hydroxyl groups excluding tert-OH is 1. The molecule has 5 heteroatoms. The molecule has 0 amide bonds. The molecule has 0 unspecified atom stereocenters. The van der Waals surface area contributed by atoms with Gasteiger partial charge in [-0.15, -0.1) is 0 Å². The van der Waals surface area contributed by atoms with Crippen LogP contribution in [0.3, 0.4) is 0 Å². The van der Waals surface area contributed by atoms with Gasteiger partial charge in [-0.25, -0.2) is 4.79 Å². The van der Waals surface area contributed by atoms with E-state index in [9.17, 15) is 9.90 Å². The van der Waals surface area contributed by atoms with Gasteiger partial charge in [0.25, 0.3) is 0 Å². The summed E-state index contributed by atoms with van der Waals surface area (Å²) in [6.07, 6.45) is 3.28. The first-order chi connectivity index (χ1) is 13.2. The van der Waals surface area contributed by atoms with E-state index in [-0.39, 0.29) is 12.2 Å². The van der Waals surface area contributed by atoms with Crippen LogP contribution in [0, 0.1) is 0 Å². The van der Waals surface area contributed by atoms with Crippen LogP contribution in [0.5, 0.6) is 5.75 Å². The van der Waals surface area contributed by atoms with Crippen LogP contribution in [-0.2, 0) is 26.0 Å². The molecule has 2 N–H and O–H groups in total. The molecule has 0 aliphatic heterocycles. The van der Waals surface area contributed by atoms with Crippen LogP contribution in [-0.4, -0.2) is 11.7 Å². The third-order valence-corrected chi connectivity index (χ3v) is 5.06. The SMILES string of the molecule is CCOc1ccc(NCc2cc(=O)oc3cc4c(cc23)CCC4)cc1CO. The average molecular weight is 365 g/mol. The van der Waals surface area contributed by atoms with Gasteiger partial charge in [-0.1, -0.05) is 0 Å². The highest BCUT2D eigenvalue weighted by Gasteiger charge is 2.15. The topological polar surface area (TPSA) is 71.7 Å². The summed E-state index contributed by atoms with van der Waals surface area (Å²) in [5.74, 6) is 0.687. The fourth-order valence-electron chi connectivity index (χ4n) is 3.75. The Kier molecular flexibility index (Phi) is 4.86. The van der Waals surface area contributed by atoms with Gasteiger partial charge in [0.15, 0.2) is 0 Å². The first kappa shape index (κ1) is 17.6. The van der Waals surface area contributed by atoms with Gasteiger partial charge in [-0.05, 0) is 73.2 Å². The number of benzene rings is 2. The minimum Gasteiger partial charge on any atom is -0.494 e. The van der Waals surface area contributed by atoms with Crippen molar-refractivity contribution >= 4 is 16.7 Å². The van der Waals surface area contributed by atoms with E-state index in [1.807, 2.05) is 31.2 Å². The number of nitrogens with one attached hydrogen (secondary N) is 1. The Morgan fingerprint density at radius 3 is 2.70 bits per heavy atom. The molecule has 0 saturated heterocycles. The van der Waals surface area contributed by atoms with Crippen molar-refractivity contribution in [2.45, 2.75) is 39.3 Å². The number of hydrogen-bond donors (Lipinski definition) is 2. The van der Waals surface area contributed by atoms with Crippen LogP contribution < -0.4 is 15.7 Å². The zero-order valence-corrected chi connectivity index (χ0v) is 15.4. The average Bonchev–Trinajstić information content (AvgIpc) is 3.12. The molecule has 0 fully saturated rings. The maximum absolute atomic E-state index is 12.0. The van der Waals surface area contributed by atoms with Crippen molar-refractivity contribution in [1.82, 2.24) is 0 Å². The lowest BCUT2D eigenvalue weighted by Crippen LogP contribution is -2.07. The Hall–Kier alpha value is -2.79. The fourth-order valence-corrected chi connectivity index (χ4v) is 3.75. The molecular weight excluding hydrogens is 342 g/mol. The van der Waals surface area contributed by atoms with Crippen molar-refractivity contribution in [1.29, 1.82) is 0 Å². The van der Waals surface area contributed by atoms with Crippen LogP contribution in [0.15, 0.2) is 45.6 Å². The summed E-state index contributed by atoms with van der Waals surface area (Å²) in [5.41, 5.74) is 5.47. The minimum absolute atomic E-state index is 0.0884. The number of rotatable bonds is 6. The Labute approximate surface area is 157 Å². The maximum Gasteiger partial charge on any atom is 0.336 e. The van der Waals surface area contributed by atoms with Crippen LogP contribution in [0.4, 0.5) is 5.69 Å². The van der Waals surface area contributed by atoms with Gasteiger partial charge < -0.3 is 19.6 Å². The molecule has 0 bridgehead atoms. The van der Waals surface area contributed by atoms with Crippen molar-refractivity contribution in [3.8, 4) is 5.75 Å². The van der Waals surface area contributed by atoms with E-state index in [2.05, 4.69) is 11.4 Å². The number of fused-ring (bicyclic) bond motifs is 2. The Bertz CT molecular complexity index is 1040. The van der Waals surface area contributed by atoms with Crippen molar-refractivity contribution in [2.75, 3.05) is 11.9 Å². The van der Waals surface area contributed by atoms with E-state index in [1.165, 1.54) is 11.1 Å². The highest BCUT2D eigenvalue weighted by Crippen LogP contribution is 2.29.